The smallest absolute Gasteiger partial charge is 0.137 e. The number of aryl methyl sites for hydroxylation is 1. The van der Waals surface area contributed by atoms with Crippen LogP contribution in [-0.2, 0) is 0 Å². The predicted octanol–water partition coefficient (Wildman–Crippen LogP) is 4.85. The summed E-state index contributed by atoms with van der Waals surface area (Å²) < 4.78 is 27.3. The minimum atomic E-state index is -0.709. The van der Waals surface area contributed by atoms with Crippen molar-refractivity contribution in [3.8, 4) is 11.3 Å². The molecular formula is C16H11ClF2N2. The van der Waals surface area contributed by atoms with Crippen molar-refractivity contribution in [2.24, 2.45) is 0 Å². The molecule has 0 fully saturated rings. The molecule has 106 valence electrons. The van der Waals surface area contributed by atoms with Crippen LogP contribution < -0.4 is 0 Å². The first-order valence-corrected chi connectivity index (χ1v) is 6.72. The van der Waals surface area contributed by atoms with Crippen LogP contribution in [0.1, 0.15) is 11.1 Å². The molecule has 0 atom stereocenters. The quantitative estimate of drug-likeness (QED) is 0.642. The molecule has 0 radical (unpaired) electrons. The third kappa shape index (κ3) is 2.36. The van der Waals surface area contributed by atoms with Gasteiger partial charge in [0.05, 0.1) is 21.6 Å². The third-order valence-corrected chi connectivity index (χ3v) is 3.79. The van der Waals surface area contributed by atoms with E-state index in [9.17, 15) is 8.78 Å². The lowest BCUT2D eigenvalue weighted by atomic mass is 10.0. The van der Waals surface area contributed by atoms with Crippen molar-refractivity contribution >= 4 is 22.5 Å². The highest BCUT2D eigenvalue weighted by Gasteiger charge is 2.16. The standard InChI is InChI=1S/C16H11ClF2N2/c1-8-3-10(7-20-6-8)16-9(2)15(17)14-12(19)4-11(18)5-13(14)21-16/h3-7H,1-2H3. The Bertz CT molecular complexity index is 863. The van der Waals surface area contributed by atoms with Crippen molar-refractivity contribution in [1.82, 2.24) is 9.97 Å². The van der Waals surface area contributed by atoms with Crippen molar-refractivity contribution in [2.75, 3.05) is 0 Å². The van der Waals surface area contributed by atoms with Gasteiger partial charge < -0.3 is 0 Å². The Balaban J connectivity index is 2.37. The molecule has 1 aromatic carbocycles. The van der Waals surface area contributed by atoms with Crippen LogP contribution in [0.5, 0.6) is 0 Å². The van der Waals surface area contributed by atoms with E-state index in [1.165, 1.54) is 6.07 Å². The minimum Gasteiger partial charge on any atom is -0.264 e. The average Bonchev–Trinajstić information content (AvgIpc) is 2.42. The lowest BCUT2D eigenvalue weighted by Gasteiger charge is -2.11. The van der Waals surface area contributed by atoms with Crippen LogP contribution in [-0.4, -0.2) is 9.97 Å². The first-order valence-electron chi connectivity index (χ1n) is 6.34. The molecule has 21 heavy (non-hydrogen) atoms. The summed E-state index contributed by atoms with van der Waals surface area (Å²) in [5.41, 5.74) is 3.15. The number of aromatic nitrogens is 2. The number of rotatable bonds is 1. The highest BCUT2D eigenvalue weighted by molar-refractivity contribution is 6.36. The molecule has 0 saturated heterocycles. The second kappa shape index (κ2) is 5.04. The lowest BCUT2D eigenvalue weighted by Crippen LogP contribution is -1.96. The molecule has 2 aromatic heterocycles. The van der Waals surface area contributed by atoms with Crippen molar-refractivity contribution in [3.63, 3.8) is 0 Å². The molecule has 0 N–H and O–H groups in total. The van der Waals surface area contributed by atoms with Crippen LogP contribution >= 0.6 is 11.6 Å². The number of fused-ring (bicyclic) bond motifs is 1. The summed E-state index contributed by atoms with van der Waals surface area (Å²) in [4.78, 5) is 8.48. The molecule has 3 rings (SSSR count). The molecule has 0 amide bonds. The summed E-state index contributed by atoms with van der Waals surface area (Å²) in [5.74, 6) is -1.39. The molecule has 5 heteroatoms. The van der Waals surface area contributed by atoms with Crippen molar-refractivity contribution in [2.45, 2.75) is 13.8 Å². The van der Waals surface area contributed by atoms with Crippen molar-refractivity contribution in [1.29, 1.82) is 0 Å². The molecule has 0 saturated carbocycles. The molecule has 0 aliphatic heterocycles. The Kier molecular flexibility index (Phi) is 3.33. The van der Waals surface area contributed by atoms with E-state index in [4.69, 9.17) is 11.6 Å². The highest BCUT2D eigenvalue weighted by atomic mass is 35.5. The summed E-state index contributed by atoms with van der Waals surface area (Å²) in [6.45, 7) is 3.67. The summed E-state index contributed by atoms with van der Waals surface area (Å²) in [6, 6.07) is 3.89. The van der Waals surface area contributed by atoms with E-state index in [1.807, 2.05) is 13.0 Å². The van der Waals surface area contributed by atoms with Gasteiger partial charge in [-0.1, -0.05) is 11.6 Å². The number of hydrogen-bond donors (Lipinski definition) is 0. The van der Waals surface area contributed by atoms with E-state index in [-0.39, 0.29) is 15.9 Å². The molecule has 2 heterocycles. The van der Waals surface area contributed by atoms with Gasteiger partial charge in [-0.15, -0.1) is 0 Å². The monoisotopic (exact) mass is 304 g/mol. The van der Waals surface area contributed by atoms with E-state index < -0.39 is 11.6 Å². The molecule has 0 spiro atoms. The zero-order valence-electron chi connectivity index (χ0n) is 11.4. The van der Waals surface area contributed by atoms with E-state index >= 15 is 0 Å². The maximum atomic E-state index is 13.9. The second-order valence-corrected chi connectivity index (χ2v) is 5.31. The SMILES string of the molecule is Cc1cncc(-c2nc3cc(F)cc(F)c3c(Cl)c2C)c1. The molecule has 3 aromatic rings. The predicted molar refractivity (Wildman–Crippen MR) is 79.4 cm³/mol. The van der Waals surface area contributed by atoms with Gasteiger partial charge in [0.2, 0.25) is 0 Å². The Morgan fingerprint density at radius 2 is 1.81 bits per heavy atom. The number of nitrogens with zero attached hydrogens (tertiary/aromatic N) is 2. The van der Waals surface area contributed by atoms with Gasteiger partial charge >= 0.3 is 0 Å². The van der Waals surface area contributed by atoms with Crippen LogP contribution in [0, 0.1) is 25.5 Å². The molecular weight excluding hydrogens is 294 g/mol. The molecule has 0 unspecified atom stereocenters. The zero-order valence-corrected chi connectivity index (χ0v) is 12.2. The Morgan fingerprint density at radius 1 is 1.05 bits per heavy atom. The van der Waals surface area contributed by atoms with Crippen LogP contribution in [0.25, 0.3) is 22.2 Å². The maximum absolute atomic E-state index is 13.9. The van der Waals surface area contributed by atoms with Crippen LogP contribution in [0.15, 0.2) is 30.6 Å². The van der Waals surface area contributed by atoms with Gasteiger partial charge in [-0.25, -0.2) is 13.8 Å². The van der Waals surface area contributed by atoms with Crippen molar-refractivity contribution in [3.05, 3.63) is 58.4 Å². The Labute approximate surface area is 125 Å². The fraction of sp³-hybridized carbons (Fsp3) is 0.125. The zero-order chi connectivity index (χ0) is 15.1. The number of benzene rings is 1. The normalized spacial score (nSPS) is 11.1. The number of hydrogen-bond acceptors (Lipinski definition) is 2. The summed E-state index contributed by atoms with van der Waals surface area (Å²) >= 11 is 6.26. The van der Waals surface area contributed by atoms with Gasteiger partial charge in [0.1, 0.15) is 11.6 Å². The Morgan fingerprint density at radius 3 is 2.52 bits per heavy atom. The van der Waals surface area contributed by atoms with Gasteiger partial charge in [-0.3, -0.25) is 4.98 Å². The third-order valence-electron chi connectivity index (χ3n) is 3.32. The molecule has 2 nitrogen and oxygen atoms in total. The van der Waals surface area contributed by atoms with E-state index in [1.54, 1.807) is 19.3 Å². The van der Waals surface area contributed by atoms with Gasteiger partial charge in [0, 0.05) is 30.1 Å². The fourth-order valence-corrected chi connectivity index (χ4v) is 2.60. The first kappa shape index (κ1) is 13.9. The highest BCUT2D eigenvalue weighted by Crippen LogP contribution is 2.34. The largest absolute Gasteiger partial charge is 0.264 e. The number of halogens is 3. The maximum Gasteiger partial charge on any atom is 0.137 e. The van der Waals surface area contributed by atoms with Gasteiger partial charge in [0.25, 0.3) is 0 Å². The van der Waals surface area contributed by atoms with Crippen LogP contribution in [0.4, 0.5) is 8.78 Å². The second-order valence-electron chi connectivity index (χ2n) is 4.93. The van der Waals surface area contributed by atoms with Gasteiger partial charge in [0.15, 0.2) is 0 Å². The average molecular weight is 305 g/mol. The minimum absolute atomic E-state index is 0.139. The topological polar surface area (TPSA) is 25.8 Å². The summed E-state index contributed by atoms with van der Waals surface area (Å²) in [6.07, 6.45) is 3.38. The van der Waals surface area contributed by atoms with Gasteiger partial charge in [-0.05, 0) is 31.0 Å². The number of pyridine rings is 2. The summed E-state index contributed by atoms with van der Waals surface area (Å²) in [7, 11) is 0. The molecule has 0 bridgehead atoms. The van der Waals surface area contributed by atoms with Crippen LogP contribution in [0.2, 0.25) is 5.02 Å². The first-order chi connectivity index (χ1) is 9.97. The van der Waals surface area contributed by atoms with E-state index in [0.717, 1.165) is 17.2 Å². The molecule has 0 aliphatic rings. The molecule has 0 aliphatic carbocycles. The summed E-state index contributed by atoms with van der Waals surface area (Å²) in [5, 5.41) is 0.383. The Hall–Kier alpha value is -2.07. The van der Waals surface area contributed by atoms with E-state index in [2.05, 4.69) is 9.97 Å². The van der Waals surface area contributed by atoms with Crippen LogP contribution in [0.3, 0.4) is 0 Å². The fourth-order valence-electron chi connectivity index (χ4n) is 2.33. The van der Waals surface area contributed by atoms with E-state index in [0.29, 0.717) is 11.3 Å². The van der Waals surface area contributed by atoms with Gasteiger partial charge in [-0.2, -0.15) is 0 Å². The lowest BCUT2D eigenvalue weighted by molar-refractivity contribution is 0.591. The van der Waals surface area contributed by atoms with Crippen molar-refractivity contribution < 1.29 is 8.78 Å².